The van der Waals surface area contributed by atoms with Gasteiger partial charge in [-0.05, 0) is 42.8 Å². The SMILES string of the molecule is CN(CC(=O)Nc1ccc(Cl)cc1)C(=O)C12CCC(=O)N1c1ccccc1S2. The molecule has 6 nitrogen and oxygen atoms in total. The number of hydrogen-bond donors (Lipinski definition) is 1. The van der Waals surface area contributed by atoms with Crippen molar-refractivity contribution >= 4 is 52.5 Å². The van der Waals surface area contributed by atoms with Crippen molar-refractivity contribution < 1.29 is 14.4 Å². The molecule has 0 aliphatic carbocycles. The van der Waals surface area contributed by atoms with Crippen molar-refractivity contribution in [2.24, 2.45) is 0 Å². The van der Waals surface area contributed by atoms with E-state index in [0.29, 0.717) is 23.6 Å². The van der Waals surface area contributed by atoms with Crippen LogP contribution in [0.1, 0.15) is 12.8 Å². The van der Waals surface area contributed by atoms with Gasteiger partial charge in [-0.3, -0.25) is 19.3 Å². The number of fused-ring (bicyclic) bond motifs is 3. The van der Waals surface area contributed by atoms with Crippen LogP contribution in [0.4, 0.5) is 11.4 Å². The molecule has 2 aliphatic rings. The fraction of sp³-hybridized carbons (Fsp3) is 0.250. The average molecular weight is 416 g/mol. The predicted octanol–water partition coefficient (Wildman–Crippen LogP) is 3.37. The summed E-state index contributed by atoms with van der Waals surface area (Å²) in [4.78, 5) is 41.1. The van der Waals surface area contributed by atoms with E-state index in [1.165, 1.54) is 16.7 Å². The third-order valence-corrected chi connectivity index (χ3v) is 6.58. The number of thioether (sulfide) groups is 1. The van der Waals surface area contributed by atoms with Gasteiger partial charge in [-0.1, -0.05) is 35.5 Å². The summed E-state index contributed by atoms with van der Waals surface area (Å²) in [6.07, 6.45) is 0.741. The van der Waals surface area contributed by atoms with Crippen molar-refractivity contribution in [3.63, 3.8) is 0 Å². The highest BCUT2D eigenvalue weighted by Gasteiger charge is 2.58. The van der Waals surface area contributed by atoms with Crippen molar-refractivity contribution in [3.8, 4) is 0 Å². The van der Waals surface area contributed by atoms with E-state index in [4.69, 9.17) is 11.6 Å². The first-order chi connectivity index (χ1) is 13.4. The fourth-order valence-electron chi connectivity index (χ4n) is 3.60. The van der Waals surface area contributed by atoms with E-state index < -0.39 is 4.87 Å². The summed E-state index contributed by atoms with van der Waals surface area (Å²) in [5.74, 6) is -0.624. The Hall–Kier alpha value is -2.51. The number of carbonyl (C=O) groups excluding carboxylic acids is 3. The second-order valence-electron chi connectivity index (χ2n) is 6.80. The van der Waals surface area contributed by atoms with E-state index in [-0.39, 0.29) is 24.3 Å². The Morgan fingerprint density at radius 1 is 1.21 bits per heavy atom. The molecule has 1 unspecified atom stereocenters. The first kappa shape index (κ1) is 18.8. The predicted molar refractivity (Wildman–Crippen MR) is 109 cm³/mol. The summed E-state index contributed by atoms with van der Waals surface area (Å²) >= 11 is 7.24. The van der Waals surface area contributed by atoms with Crippen molar-refractivity contribution in [2.75, 3.05) is 23.8 Å². The summed E-state index contributed by atoms with van der Waals surface area (Å²) in [7, 11) is 1.59. The van der Waals surface area contributed by atoms with Gasteiger partial charge in [0.05, 0.1) is 12.2 Å². The molecule has 0 aromatic heterocycles. The van der Waals surface area contributed by atoms with E-state index in [1.54, 1.807) is 36.2 Å². The highest BCUT2D eigenvalue weighted by molar-refractivity contribution is 8.02. The summed E-state index contributed by atoms with van der Waals surface area (Å²) in [6, 6.07) is 14.3. The summed E-state index contributed by atoms with van der Waals surface area (Å²) in [5, 5.41) is 3.33. The lowest BCUT2D eigenvalue weighted by Gasteiger charge is -2.33. The van der Waals surface area contributed by atoms with Gasteiger partial charge >= 0.3 is 0 Å². The number of para-hydroxylation sites is 1. The molecule has 0 radical (unpaired) electrons. The minimum Gasteiger partial charge on any atom is -0.334 e. The van der Waals surface area contributed by atoms with Crippen LogP contribution in [0.2, 0.25) is 5.02 Å². The number of halogens is 1. The molecule has 2 aromatic rings. The number of nitrogens with one attached hydrogen (secondary N) is 1. The van der Waals surface area contributed by atoms with Crippen LogP contribution in [-0.4, -0.2) is 41.1 Å². The van der Waals surface area contributed by atoms with Crippen LogP contribution >= 0.6 is 23.4 Å². The van der Waals surface area contributed by atoms with Gasteiger partial charge in [0.1, 0.15) is 0 Å². The summed E-state index contributed by atoms with van der Waals surface area (Å²) in [5.41, 5.74) is 1.37. The van der Waals surface area contributed by atoms with Gasteiger partial charge in [-0.15, -0.1) is 0 Å². The number of likely N-dealkylation sites (N-methyl/N-ethyl adjacent to an activating group) is 1. The molecule has 28 heavy (non-hydrogen) atoms. The third kappa shape index (κ3) is 3.14. The summed E-state index contributed by atoms with van der Waals surface area (Å²) in [6.45, 7) is -0.109. The molecule has 2 aliphatic heterocycles. The molecule has 0 spiro atoms. The Morgan fingerprint density at radius 3 is 2.68 bits per heavy atom. The first-order valence-electron chi connectivity index (χ1n) is 8.83. The topological polar surface area (TPSA) is 69.7 Å². The second-order valence-corrected chi connectivity index (χ2v) is 8.56. The molecule has 1 fully saturated rings. The Bertz CT molecular complexity index is 965. The van der Waals surface area contributed by atoms with Crippen molar-refractivity contribution in [1.29, 1.82) is 0 Å². The number of rotatable bonds is 4. The lowest BCUT2D eigenvalue weighted by molar-refractivity contribution is -0.135. The normalized spacial score (nSPS) is 19.9. The molecule has 1 saturated heterocycles. The van der Waals surface area contributed by atoms with Crippen LogP contribution in [0.25, 0.3) is 0 Å². The molecule has 1 atom stereocenters. The number of anilines is 2. The molecule has 144 valence electrons. The van der Waals surface area contributed by atoms with E-state index in [2.05, 4.69) is 5.32 Å². The van der Waals surface area contributed by atoms with E-state index in [1.807, 2.05) is 24.3 Å². The molecule has 4 rings (SSSR count). The van der Waals surface area contributed by atoms with Crippen LogP contribution in [0.5, 0.6) is 0 Å². The average Bonchev–Trinajstić information content (AvgIpc) is 3.18. The lowest BCUT2D eigenvalue weighted by Crippen LogP contribution is -2.54. The van der Waals surface area contributed by atoms with Crippen molar-refractivity contribution in [1.82, 2.24) is 4.90 Å². The molecule has 2 heterocycles. The minimum atomic E-state index is -1.00. The van der Waals surface area contributed by atoms with Gasteiger partial charge in [-0.2, -0.15) is 0 Å². The fourth-order valence-corrected chi connectivity index (χ4v) is 5.24. The number of hydrogen-bond acceptors (Lipinski definition) is 4. The number of benzene rings is 2. The Balaban J connectivity index is 1.50. The van der Waals surface area contributed by atoms with Crippen LogP contribution in [0.15, 0.2) is 53.4 Å². The smallest absolute Gasteiger partial charge is 0.260 e. The van der Waals surface area contributed by atoms with Gasteiger partial charge in [0.2, 0.25) is 11.8 Å². The molecule has 1 N–H and O–H groups in total. The van der Waals surface area contributed by atoms with Gasteiger partial charge in [0.15, 0.2) is 4.87 Å². The van der Waals surface area contributed by atoms with Crippen molar-refractivity contribution in [3.05, 3.63) is 53.6 Å². The van der Waals surface area contributed by atoms with Gasteiger partial charge < -0.3 is 10.2 Å². The van der Waals surface area contributed by atoms with E-state index >= 15 is 0 Å². The van der Waals surface area contributed by atoms with Gasteiger partial charge in [-0.25, -0.2) is 0 Å². The molecule has 0 bridgehead atoms. The molecule has 8 heteroatoms. The second kappa shape index (κ2) is 7.14. The monoisotopic (exact) mass is 415 g/mol. The van der Waals surface area contributed by atoms with E-state index in [0.717, 1.165) is 10.6 Å². The van der Waals surface area contributed by atoms with Crippen LogP contribution < -0.4 is 10.2 Å². The maximum atomic E-state index is 13.3. The highest BCUT2D eigenvalue weighted by Crippen LogP contribution is 2.56. The van der Waals surface area contributed by atoms with Crippen LogP contribution in [0.3, 0.4) is 0 Å². The zero-order chi connectivity index (χ0) is 19.9. The minimum absolute atomic E-state index is 0.0650. The lowest BCUT2D eigenvalue weighted by atomic mass is 10.1. The molecule has 2 aromatic carbocycles. The maximum absolute atomic E-state index is 13.3. The first-order valence-corrected chi connectivity index (χ1v) is 10.0. The number of amides is 3. The molecule has 3 amide bonds. The molecular formula is C20H18ClN3O3S. The standard InChI is InChI=1S/C20H18ClN3O3S/c1-23(12-17(25)22-14-8-6-13(21)7-9-14)19(27)20-11-10-18(26)24(20)15-4-2-3-5-16(15)28-20/h2-9H,10-12H2,1H3,(H,22,25). The summed E-state index contributed by atoms with van der Waals surface area (Å²) < 4.78 is 0. The zero-order valence-electron chi connectivity index (χ0n) is 15.1. The Morgan fingerprint density at radius 2 is 1.93 bits per heavy atom. The quantitative estimate of drug-likeness (QED) is 0.831. The number of carbonyl (C=O) groups is 3. The Kier molecular flexibility index (Phi) is 4.81. The van der Waals surface area contributed by atoms with Crippen LogP contribution in [-0.2, 0) is 14.4 Å². The number of nitrogens with zero attached hydrogens (tertiary/aromatic N) is 2. The molecule has 0 saturated carbocycles. The van der Waals surface area contributed by atoms with Gasteiger partial charge in [0, 0.05) is 29.1 Å². The third-order valence-electron chi connectivity index (χ3n) is 4.86. The molecular weight excluding hydrogens is 398 g/mol. The zero-order valence-corrected chi connectivity index (χ0v) is 16.7. The highest BCUT2D eigenvalue weighted by atomic mass is 35.5. The van der Waals surface area contributed by atoms with Crippen molar-refractivity contribution in [2.45, 2.75) is 22.6 Å². The van der Waals surface area contributed by atoms with E-state index in [9.17, 15) is 14.4 Å². The maximum Gasteiger partial charge on any atom is 0.260 e. The Labute approximate surface area is 171 Å². The van der Waals surface area contributed by atoms with Crippen LogP contribution in [0, 0.1) is 0 Å². The van der Waals surface area contributed by atoms with Gasteiger partial charge in [0.25, 0.3) is 5.91 Å². The largest absolute Gasteiger partial charge is 0.334 e.